The molecule has 6 heteroatoms. The molecule has 3 N–H and O–H groups in total. The van der Waals surface area contributed by atoms with Crippen molar-refractivity contribution in [2.75, 3.05) is 24.6 Å². The Kier molecular flexibility index (Phi) is 5.23. The quantitative estimate of drug-likeness (QED) is 0.643. The van der Waals surface area contributed by atoms with Crippen LogP contribution in [0, 0.1) is 0 Å². The van der Waals surface area contributed by atoms with Crippen LogP contribution in [0.5, 0.6) is 0 Å². The maximum atomic E-state index is 10.6. The molecule has 1 heterocycles. The molecule has 102 valence electrons. The molecule has 1 aliphatic rings. The largest absolute Gasteiger partial charge is 0.350 e. The predicted octanol–water partition coefficient (Wildman–Crippen LogP) is 1.24. The SMILES string of the molecule is NC(=O)NN=Cc1ccccc1CN1CCSCC1. The molecule has 0 aromatic heterocycles. The number of primary amides is 1. The van der Waals surface area contributed by atoms with E-state index in [0.29, 0.717) is 0 Å². The summed E-state index contributed by atoms with van der Waals surface area (Å²) in [6, 6.07) is 7.41. The van der Waals surface area contributed by atoms with Crippen LogP contribution in [0.25, 0.3) is 0 Å². The Morgan fingerprint density at radius 2 is 2.16 bits per heavy atom. The minimum absolute atomic E-state index is 0.651. The molecular weight excluding hydrogens is 260 g/mol. The van der Waals surface area contributed by atoms with Crippen molar-refractivity contribution in [1.29, 1.82) is 0 Å². The number of urea groups is 1. The van der Waals surface area contributed by atoms with E-state index in [1.165, 1.54) is 17.1 Å². The maximum Gasteiger partial charge on any atom is 0.332 e. The third-order valence-corrected chi connectivity index (χ3v) is 3.87. The van der Waals surface area contributed by atoms with E-state index in [0.717, 1.165) is 25.2 Å². The van der Waals surface area contributed by atoms with Crippen LogP contribution in [-0.2, 0) is 6.54 Å². The summed E-state index contributed by atoms with van der Waals surface area (Å²) < 4.78 is 0. The summed E-state index contributed by atoms with van der Waals surface area (Å²) in [4.78, 5) is 13.0. The van der Waals surface area contributed by atoms with E-state index in [9.17, 15) is 4.79 Å². The normalized spacial score (nSPS) is 16.6. The number of hydrazone groups is 1. The molecule has 1 saturated heterocycles. The Morgan fingerprint density at radius 3 is 2.89 bits per heavy atom. The number of hydrogen-bond acceptors (Lipinski definition) is 4. The maximum absolute atomic E-state index is 10.6. The number of rotatable bonds is 4. The zero-order chi connectivity index (χ0) is 13.5. The summed E-state index contributed by atoms with van der Waals surface area (Å²) >= 11 is 2.00. The second-order valence-corrected chi connectivity index (χ2v) is 5.55. The van der Waals surface area contributed by atoms with Gasteiger partial charge in [0.2, 0.25) is 0 Å². The highest BCUT2D eigenvalue weighted by Gasteiger charge is 2.11. The molecule has 2 amide bonds. The van der Waals surface area contributed by atoms with Crippen molar-refractivity contribution < 1.29 is 4.79 Å². The molecule has 2 rings (SSSR count). The molecule has 0 bridgehead atoms. The van der Waals surface area contributed by atoms with Gasteiger partial charge in [-0.2, -0.15) is 16.9 Å². The number of thioether (sulfide) groups is 1. The van der Waals surface area contributed by atoms with Crippen molar-refractivity contribution in [2.45, 2.75) is 6.54 Å². The molecule has 0 spiro atoms. The lowest BCUT2D eigenvalue weighted by Gasteiger charge is -2.26. The van der Waals surface area contributed by atoms with Crippen LogP contribution < -0.4 is 11.2 Å². The van der Waals surface area contributed by atoms with Gasteiger partial charge >= 0.3 is 6.03 Å². The standard InChI is InChI=1S/C13H18N4OS/c14-13(18)16-15-9-11-3-1-2-4-12(11)10-17-5-7-19-8-6-17/h1-4,9H,5-8,10H2,(H3,14,16,18). The van der Waals surface area contributed by atoms with Crippen molar-refractivity contribution in [3.05, 3.63) is 35.4 Å². The first kappa shape index (κ1) is 13.9. The molecule has 0 radical (unpaired) electrons. The van der Waals surface area contributed by atoms with E-state index in [-0.39, 0.29) is 0 Å². The highest BCUT2D eigenvalue weighted by molar-refractivity contribution is 7.99. The Hall–Kier alpha value is -1.53. The number of nitrogens with one attached hydrogen (secondary N) is 1. The molecule has 0 unspecified atom stereocenters. The van der Waals surface area contributed by atoms with E-state index in [4.69, 9.17) is 5.73 Å². The summed E-state index contributed by atoms with van der Waals surface area (Å²) in [7, 11) is 0. The minimum Gasteiger partial charge on any atom is -0.350 e. The van der Waals surface area contributed by atoms with Crippen LogP contribution in [-0.4, -0.2) is 41.7 Å². The zero-order valence-electron chi connectivity index (χ0n) is 10.7. The topological polar surface area (TPSA) is 70.7 Å². The Balaban J connectivity index is 2.02. The van der Waals surface area contributed by atoms with Crippen LogP contribution in [0.15, 0.2) is 29.4 Å². The van der Waals surface area contributed by atoms with Gasteiger partial charge in [0.25, 0.3) is 0 Å². The van der Waals surface area contributed by atoms with Crippen LogP contribution in [0.4, 0.5) is 4.79 Å². The lowest BCUT2D eigenvalue weighted by molar-refractivity contribution is 0.249. The van der Waals surface area contributed by atoms with Crippen LogP contribution in [0.2, 0.25) is 0 Å². The average Bonchev–Trinajstić information content (AvgIpc) is 2.41. The summed E-state index contributed by atoms with van der Waals surface area (Å²) in [5.74, 6) is 2.39. The van der Waals surface area contributed by atoms with E-state index in [1.807, 2.05) is 30.0 Å². The van der Waals surface area contributed by atoms with E-state index in [1.54, 1.807) is 6.21 Å². The molecule has 1 aromatic rings. The van der Waals surface area contributed by atoms with Gasteiger partial charge in [0.15, 0.2) is 0 Å². The molecule has 5 nitrogen and oxygen atoms in total. The number of hydrogen-bond donors (Lipinski definition) is 2. The van der Waals surface area contributed by atoms with Gasteiger partial charge in [-0.1, -0.05) is 24.3 Å². The highest BCUT2D eigenvalue weighted by Crippen LogP contribution is 2.14. The molecule has 19 heavy (non-hydrogen) atoms. The third kappa shape index (κ3) is 4.57. The van der Waals surface area contributed by atoms with Crippen LogP contribution >= 0.6 is 11.8 Å². The first-order valence-electron chi connectivity index (χ1n) is 6.22. The molecule has 0 saturated carbocycles. The van der Waals surface area contributed by atoms with Crippen molar-refractivity contribution in [2.24, 2.45) is 10.8 Å². The monoisotopic (exact) mass is 278 g/mol. The summed E-state index contributed by atoms with van der Waals surface area (Å²) in [6.07, 6.45) is 1.64. The fraction of sp³-hybridized carbons (Fsp3) is 0.385. The molecule has 1 aliphatic heterocycles. The number of nitrogens with zero attached hydrogens (tertiary/aromatic N) is 2. The Bertz CT molecular complexity index is 458. The number of carbonyl (C=O) groups is 1. The summed E-state index contributed by atoms with van der Waals surface area (Å²) in [6.45, 7) is 3.16. The predicted molar refractivity (Wildman–Crippen MR) is 79.4 cm³/mol. The molecular formula is C13H18N4OS. The lowest BCUT2D eigenvalue weighted by Crippen LogP contribution is -2.32. The average molecular weight is 278 g/mol. The molecule has 0 atom stereocenters. The van der Waals surface area contributed by atoms with Crippen molar-refractivity contribution in [1.82, 2.24) is 10.3 Å². The second-order valence-electron chi connectivity index (χ2n) is 4.32. The highest BCUT2D eigenvalue weighted by atomic mass is 32.2. The van der Waals surface area contributed by atoms with Gasteiger partial charge in [0.1, 0.15) is 0 Å². The smallest absolute Gasteiger partial charge is 0.332 e. The third-order valence-electron chi connectivity index (χ3n) is 2.93. The van der Waals surface area contributed by atoms with Gasteiger partial charge in [-0.3, -0.25) is 4.90 Å². The van der Waals surface area contributed by atoms with Crippen LogP contribution in [0.1, 0.15) is 11.1 Å². The fourth-order valence-electron chi connectivity index (χ4n) is 1.97. The number of amides is 2. The Morgan fingerprint density at radius 1 is 1.42 bits per heavy atom. The van der Waals surface area contributed by atoms with Crippen molar-refractivity contribution >= 4 is 24.0 Å². The summed E-state index contributed by atoms with van der Waals surface area (Å²) in [5.41, 5.74) is 9.41. The van der Waals surface area contributed by atoms with E-state index < -0.39 is 6.03 Å². The Labute approximate surface area is 117 Å². The first-order chi connectivity index (χ1) is 9.25. The number of nitrogens with two attached hydrogens (primary N) is 1. The van der Waals surface area contributed by atoms with Gasteiger partial charge < -0.3 is 5.73 Å². The van der Waals surface area contributed by atoms with Gasteiger partial charge in [-0.15, -0.1) is 0 Å². The zero-order valence-corrected chi connectivity index (χ0v) is 11.5. The fourth-order valence-corrected chi connectivity index (χ4v) is 2.95. The van der Waals surface area contributed by atoms with Gasteiger partial charge in [-0.25, -0.2) is 10.2 Å². The molecule has 1 aromatic carbocycles. The number of carbonyl (C=O) groups excluding carboxylic acids is 1. The van der Waals surface area contributed by atoms with E-state index >= 15 is 0 Å². The first-order valence-corrected chi connectivity index (χ1v) is 7.37. The lowest BCUT2D eigenvalue weighted by atomic mass is 10.1. The van der Waals surface area contributed by atoms with Gasteiger partial charge in [0, 0.05) is 31.1 Å². The molecule has 0 aliphatic carbocycles. The second kappa shape index (κ2) is 7.16. The summed E-state index contributed by atoms with van der Waals surface area (Å²) in [5, 5.41) is 3.82. The van der Waals surface area contributed by atoms with Gasteiger partial charge in [0.05, 0.1) is 6.21 Å². The van der Waals surface area contributed by atoms with Crippen molar-refractivity contribution in [3.8, 4) is 0 Å². The molecule has 1 fully saturated rings. The van der Waals surface area contributed by atoms with Crippen molar-refractivity contribution in [3.63, 3.8) is 0 Å². The van der Waals surface area contributed by atoms with Crippen LogP contribution in [0.3, 0.4) is 0 Å². The number of benzene rings is 1. The van der Waals surface area contributed by atoms with Gasteiger partial charge in [-0.05, 0) is 11.1 Å². The minimum atomic E-state index is -0.651. The van der Waals surface area contributed by atoms with E-state index in [2.05, 4.69) is 21.5 Å².